The largest absolute Gasteiger partial charge is 0.481 e. The third kappa shape index (κ3) is 7.88. The van der Waals surface area contributed by atoms with E-state index in [9.17, 15) is 44.7 Å². The predicted octanol–water partition coefficient (Wildman–Crippen LogP) is -3.31. The molecular formula is C19H33N3O15P2S2. The normalized spacial score (nSPS) is 36.1. The minimum Gasteiger partial charge on any atom is -0.397 e. The van der Waals surface area contributed by atoms with Gasteiger partial charge in [-0.05, 0) is 31.3 Å². The van der Waals surface area contributed by atoms with Gasteiger partial charge in [0.1, 0.15) is 53.7 Å². The first-order valence-electron chi connectivity index (χ1n) is 11.8. The molecular weight excluding hydrogens is 636 g/mol. The number of phosphoric ester groups is 1. The van der Waals surface area contributed by atoms with E-state index in [1.807, 2.05) is 0 Å². The highest BCUT2D eigenvalue weighted by Crippen LogP contribution is 2.62. The summed E-state index contributed by atoms with van der Waals surface area (Å²) in [6.07, 6.45) is -15.1. The van der Waals surface area contributed by atoms with E-state index in [0.717, 1.165) is 11.3 Å². The predicted molar refractivity (Wildman–Crippen MR) is 143 cm³/mol. The van der Waals surface area contributed by atoms with Crippen molar-refractivity contribution in [3.05, 3.63) is 15.8 Å². The van der Waals surface area contributed by atoms with Crippen LogP contribution in [0.5, 0.6) is 0 Å². The highest BCUT2D eigenvalue weighted by atomic mass is 32.5. The fourth-order valence-electron chi connectivity index (χ4n) is 4.37. The Balaban J connectivity index is 1.67. The van der Waals surface area contributed by atoms with Crippen LogP contribution in [-0.4, -0.2) is 134 Å². The molecule has 2 aliphatic heterocycles. The molecule has 236 valence electrons. The van der Waals surface area contributed by atoms with Crippen LogP contribution in [0.25, 0.3) is 0 Å². The molecule has 0 aromatic carbocycles. The lowest BCUT2D eigenvalue weighted by Gasteiger charge is -2.41. The van der Waals surface area contributed by atoms with Crippen molar-refractivity contribution >= 4 is 49.3 Å². The number of carbonyl (C=O) groups excluding carboxylic acids is 1. The number of aliphatic hydroxyl groups is 6. The van der Waals surface area contributed by atoms with Crippen molar-refractivity contribution in [2.75, 3.05) is 33.0 Å². The minimum absolute atomic E-state index is 0.0700. The van der Waals surface area contributed by atoms with Crippen LogP contribution in [0.3, 0.4) is 0 Å². The van der Waals surface area contributed by atoms with Crippen molar-refractivity contribution in [3.63, 3.8) is 0 Å². The van der Waals surface area contributed by atoms with Gasteiger partial charge in [0.05, 0.1) is 24.9 Å². The quantitative estimate of drug-likeness (QED) is 0.0974. The first kappa shape index (κ1) is 34.8. The van der Waals surface area contributed by atoms with Crippen LogP contribution in [0.2, 0.25) is 0 Å². The summed E-state index contributed by atoms with van der Waals surface area (Å²) in [6, 6.07) is -0.722. The number of rotatable bonds is 12. The summed E-state index contributed by atoms with van der Waals surface area (Å²) >= 11 is 5.76. The van der Waals surface area contributed by atoms with Gasteiger partial charge in [-0.15, -0.1) is 11.3 Å². The van der Waals surface area contributed by atoms with E-state index in [1.165, 1.54) is 0 Å². The van der Waals surface area contributed by atoms with E-state index in [4.69, 9.17) is 42.4 Å². The smallest absolute Gasteiger partial charge is 0.397 e. The number of aliphatic hydroxyl groups excluding tert-OH is 6. The topological polar surface area (TPSA) is 297 Å². The highest BCUT2D eigenvalue weighted by Gasteiger charge is 2.51. The summed E-state index contributed by atoms with van der Waals surface area (Å²) in [5, 5.41) is 61.3. The molecule has 12 atom stereocenters. The van der Waals surface area contributed by atoms with Crippen LogP contribution in [0.15, 0.2) is 5.38 Å². The maximum Gasteiger partial charge on any atom is 0.481 e. The number of ether oxygens (including phenoxy) is 2. The molecule has 0 radical (unpaired) electrons. The van der Waals surface area contributed by atoms with Crippen LogP contribution in [0.1, 0.15) is 21.3 Å². The summed E-state index contributed by atoms with van der Waals surface area (Å²) < 4.78 is 37.8. The maximum absolute atomic E-state index is 12.6. The van der Waals surface area contributed by atoms with Crippen molar-refractivity contribution in [1.29, 1.82) is 0 Å². The molecule has 0 bridgehead atoms. The zero-order valence-electron chi connectivity index (χ0n) is 21.5. The summed E-state index contributed by atoms with van der Waals surface area (Å²) in [5.74, 6) is -0.746. The van der Waals surface area contributed by atoms with Gasteiger partial charge in [-0.25, -0.2) is 8.88 Å². The van der Waals surface area contributed by atoms with Crippen molar-refractivity contribution < 1.29 is 72.6 Å². The average Bonchev–Trinajstić information content (AvgIpc) is 3.41. The molecule has 1 aromatic rings. The second-order valence-electron chi connectivity index (χ2n) is 9.45. The van der Waals surface area contributed by atoms with Gasteiger partial charge in [0, 0.05) is 5.56 Å². The van der Waals surface area contributed by atoms with Gasteiger partial charge in [-0.2, -0.15) is 0 Å². The van der Waals surface area contributed by atoms with Crippen LogP contribution >= 0.6 is 25.9 Å². The fraction of sp³-hybridized carbons (Fsp3) is 0.737. The Labute approximate surface area is 242 Å². The van der Waals surface area contributed by atoms with Gasteiger partial charge in [0.15, 0.2) is 6.29 Å². The molecule has 18 nitrogen and oxygen atoms in total. The number of primary amides is 1. The number of nitrogens with two attached hydrogens (primary N) is 2. The molecule has 22 heteroatoms. The zero-order valence-corrected chi connectivity index (χ0v) is 24.9. The number of carbonyl (C=O) groups is 1. The Hall–Kier alpha value is -0.710. The Morgan fingerprint density at radius 2 is 1.80 bits per heavy atom. The second-order valence-corrected chi connectivity index (χ2v) is 14.7. The molecule has 0 spiro atoms. The first-order chi connectivity index (χ1) is 18.9. The molecule has 3 rings (SSSR count). The van der Waals surface area contributed by atoms with Crippen LogP contribution in [-0.2, 0) is 39.2 Å². The molecule has 1 amide bonds. The number of nitrogen functional groups attached to an aromatic ring is 1. The van der Waals surface area contributed by atoms with Gasteiger partial charge in [0.25, 0.3) is 5.91 Å². The van der Waals surface area contributed by atoms with Gasteiger partial charge in [-0.1, -0.05) is 0 Å². The number of amides is 1. The van der Waals surface area contributed by atoms with Crippen molar-refractivity contribution in [3.8, 4) is 0 Å². The van der Waals surface area contributed by atoms with E-state index < -0.39 is 94.8 Å². The molecule has 12 N–H and O–H groups in total. The Morgan fingerprint density at radius 3 is 2.34 bits per heavy atom. The summed E-state index contributed by atoms with van der Waals surface area (Å²) in [7, 11) is -2.14. The number of hydrogen-bond acceptors (Lipinski definition) is 17. The van der Waals surface area contributed by atoms with Gasteiger partial charge in [0.2, 0.25) is 0 Å². The number of phosphoric acid groups is 1. The van der Waals surface area contributed by atoms with E-state index in [-0.39, 0.29) is 10.6 Å². The molecule has 7 unspecified atom stereocenters. The molecule has 41 heavy (non-hydrogen) atoms. The highest BCUT2D eigenvalue weighted by molar-refractivity contribution is 8.08. The number of anilines is 1. The van der Waals surface area contributed by atoms with Gasteiger partial charge < -0.3 is 70.8 Å². The molecule has 2 saturated heterocycles. The van der Waals surface area contributed by atoms with E-state index >= 15 is 0 Å². The molecule has 0 aliphatic carbocycles. The second kappa shape index (κ2) is 13.5. The lowest BCUT2D eigenvalue weighted by Crippen LogP contribution is -2.61. The zero-order chi connectivity index (χ0) is 31.0. The monoisotopic (exact) mass is 669 g/mol. The standard InChI is InChI=1S/C19H33N3O15P2S2/c1-22(2)10-11(25)8(34-15(10)6-5-41-17(9(6)20)18(21)29)4-33-39(32,40)37-38(30,31)36-19-14(28)12(26)13(27)16(35-19)7(24)3-23/h5,7-8,10-16,19,23-28H,3-4,20H2,1-2H3,(H2,21,29)(H,30,31)(H,32,40)/t7-,8+,10+,11+,12?,13?,14?,15-,16?,19?,39?/m0/s1. The number of nitrogens with zero attached hydrogens (tertiary/aromatic N) is 1. The summed E-state index contributed by atoms with van der Waals surface area (Å²) in [4.78, 5) is 33.9. The van der Waals surface area contributed by atoms with Crippen LogP contribution in [0, 0.1) is 0 Å². The van der Waals surface area contributed by atoms with E-state index in [1.54, 1.807) is 24.4 Å². The van der Waals surface area contributed by atoms with Crippen molar-refractivity contribution in [1.82, 2.24) is 4.90 Å². The van der Waals surface area contributed by atoms with E-state index in [0.29, 0.717) is 5.56 Å². The molecule has 1 aromatic heterocycles. The molecule has 0 saturated carbocycles. The van der Waals surface area contributed by atoms with Crippen molar-refractivity contribution in [2.24, 2.45) is 5.73 Å². The Bertz CT molecular complexity index is 1180. The lowest BCUT2D eigenvalue weighted by molar-refractivity contribution is -0.292. The van der Waals surface area contributed by atoms with E-state index in [2.05, 4.69) is 8.83 Å². The number of thiophene rings is 1. The van der Waals surface area contributed by atoms with Crippen LogP contribution < -0.4 is 11.5 Å². The van der Waals surface area contributed by atoms with Gasteiger partial charge in [-0.3, -0.25) is 9.32 Å². The molecule has 2 fully saturated rings. The Kier molecular flexibility index (Phi) is 11.5. The van der Waals surface area contributed by atoms with Gasteiger partial charge >= 0.3 is 14.5 Å². The summed E-state index contributed by atoms with van der Waals surface area (Å²) in [6.45, 7) is -6.22. The first-order valence-corrected chi connectivity index (χ1v) is 16.7. The van der Waals surface area contributed by atoms with Crippen molar-refractivity contribution in [2.45, 2.75) is 61.2 Å². The van der Waals surface area contributed by atoms with Crippen LogP contribution in [0.4, 0.5) is 5.69 Å². The average molecular weight is 670 g/mol. The molecule has 2 aliphatic rings. The summed E-state index contributed by atoms with van der Waals surface area (Å²) in [5.41, 5.74) is 11.8. The SMILES string of the molecule is CN(C)[C@@H]1[C@H](O)[C@@H](COP(O)(=S)OP(=O)(O)OC2OC([C@@H](O)CO)C(O)C(O)C2O)O[C@H]1c1csc(C(N)=O)c1N. The number of likely N-dealkylation sites (N-methyl/N-ethyl adjacent to an activating group) is 1. The lowest BCUT2D eigenvalue weighted by atomic mass is 9.96. The minimum atomic E-state index is -5.43. The number of hydrogen-bond donors (Lipinski definition) is 10. The molecule has 3 heterocycles. The third-order valence-electron chi connectivity index (χ3n) is 6.37. The maximum atomic E-state index is 12.6. The third-order valence-corrected chi connectivity index (χ3v) is 10.9. The Morgan fingerprint density at radius 1 is 1.17 bits per heavy atom. The fourth-order valence-corrected chi connectivity index (χ4v) is 8.33.